The number of hydrogen-bond acceptors (Lipinski definition) is 4. The molecule has 24 heavy (non-hydrogen) atoms. The van der Waals surface area contributed by atoms with E-state index in [2.05, 4.69) is 34.4 Å². The highest BCUT2D eigenvalue weighted by atomic mass is 127. The minimum Gasteiger partial charge on any atom is -0.469 e. The first-order chi connectivity index (χ1) is 11.2. The summed E-state index contributed by atoms with van der Waals surface area (Å²) in [4.78, 5) is 7.12. The lowest BCUT2D eigenvalue weighted by Crippen LogP contribution is -2.42. The van der Waals surface area contributed by atoms with E-state index < -0.39 is 0 Å². The predicted molar refractivity (Wildman–Crippen MR) is 108 cm³/mol. The molecule has 0 unspecified atom stereocenters. The predicted octanol–water partition coefficient (Wildman–Crippen LogP) is 2.11. The molecule has 138 valence electrons. The molecule has 2 heterocycles. The molecule has 0 radical (unpaired) electrons. The fourth-order valence-corrected chi connectivity index (χ4v) is 2.49. The first-order valence-electron chi connectivity index (χ1n) is 8.61. The molecule has 2 N–H and O–H groups in total. The molecule has 1 aromatic heterocycles. The Morgan fingerprint density at radius 3 is 2.79 bits per heavy atom. The van der Waals surface area contributed by atoms with Gasteiger partial charge >= 0.3 is 0 Å². The van der Waals surface area contributed by atoms with Gasteiger partial charge in [-0.3, -0.25) is 9.89 Å². The lowest BCUT2D eigenvalue weighted by atomic mass is 10.3. The van der Waals surface area contributed by atoms with Crippen LogP contribution in [0.3, 0.4) is 0 Å². The zero-order valence-corrected chi connectivity index (χ0v) is 17.1. The van der Waals surface area contributed by atoms with Crippen molar-refractivity contribution in [1.82, 2.24) is 15.5 Å². The van der Waals surface area contributed by atoms with Gasteiger partial charge < -0.3 is 19.8 Å². The second kappa shape index (κ2) is 12.5. The summed E-state index contributed by atoms with van der Waals surface area (Å²) < 4.78 is 10.7. The van der Waals surface area contributed by atoms with Crippen molar-refractivity contribution in [2.45, 2.75) is 32.7 Å². The molecular weight excluding hydrogens is 419 g/mol. The molecule has 1 aliphatic heterocycles. The molecule has 0 aliphatic carbocycles. The summed E-state index contributed by atoms with van der Waals surface area (Å²) in [5.41, 5.74) is 0. The Kier molecular flexibility index (Phi) is 11.1. The highest BCUT2D eigenvalue weighted by Gasteiger charge is 2.09. The van der Waals surface area contributed by atoms with Gasteiger partial charge in [-0.15, -0.1) is 24.0 Å². The van der Waals surface area contributed by atoms with Gasteiger partial charge in [-0.1, -0.05) is 0 Å². The topological polar surface area (TPSA) is 62.0 Å². The van der Waals surface area contributed by atoms with E-state index in [-0.39, 0.29) is 24.0 Å². The second-order valence-electron chi connectivity index (χ2n) is 6.09. The van der Waals surface area contributed by atoms with Gasteiger partial charge in [-0.25, -0.2) is 0 Å². The van der Waals surface area contributed by atoms with E-state index in [0.717, 1.165) is 70.5 Å². The van der Waals surface area contributed by atoms with E-state index in [0.29, 0.717) is 6.04 Å². The normalized spacial score (nSPS) is 16.0. The first-order valence-corrected chi connectivity index (χ1v) is 8.61. The van der Waals surface area contributed by atoms with E-state index in [4.69, 9.17) is 9.15 Å². The van der Waals surface area contributed by atoms with Crippen molar-refractivity contribution in [2.75, 3.05) is 45.9 Å². The third kappa shape index (κ3) is 8.89. The van der Waals surface area contributed by atoms with Crippen LogP contribution in [0.2, 0.25) is 0 Å². The van der Waals surface area contributed by atoms with Gasteiger partial charge in [-0.05, 0) is 32.4 Å². The highest BCUT2D eigenvalue weighted by Crippen LogP contribution is 2.00. The fourth-order valence-electron chi connectivity index (χ4n) is 2.49. The molecule has 0 atom stereocenters. The molecule has 0 bridgehead atoms. The first kappa shape index (κ1) is 21.2. The molecule has 0 spiro atoms. The number of morpholine rings is 1. The summed E-state index contributed by atoms with van der Waals surface area (Å²) in [6, 6.07) is 4.28. The number of nitrogens with zero attached hydrogens (tertiary/aromatic N) is 2. The van der Waals surface area contributed by atoms with Crippen LogP contribution in [0, 0.1) is 0 Å². The summed E-state index contributed by atoms with van der Waals surface area (Å²) in [6.07, 6.45) is 3.64. The number of nitrogens with one attached hydrogen (secondary N) is 2. The number of halogens is 1. The molecule has 1 aromatic rings. The van der Waals surface area contributed by atoms with Crippen molar-refractivity contribution >= 4 is 29.9 Å². The molecule has 0 amide bonds. The van der Waals surface area contributed by atoms with Crippen LogP contribution in [-0.2, 0) is 11.2 Å². The van der Waals surface area contributed by atoms with Crippen LogP contribution in [0.15, 0.2) is 27.8 Å². The summed E-state index contributed by atoms with van der Waals surface area (Å²) >= 11 is 0. The van der Waals surface area contributed by atoms with Crippen molar-refractivity contribution in [3.05, 3.63) is 24.2 Å². The Hall–Kier alpha value is -0.800. The highest BCUT2D eigenvalue weighted by molar-refractivity contribution is 14.0. The number of furan rings is 1. The van der Waals surface area contributed by atoms with Gasteiger partial charge in [-0.2, -0.15) is 0 Å². The van der Waals surface area contributed by atoms with Crippen molar-refractivity contribution in [2.24, 2.45) is 4.99 Å². The second-order valence-corrected chi connectivity index (χ2v) is 6.09. The molecular formula is C17H31IN4O2. The van der Waals surface area contributed by atoms with Crippen LogP contribution < -0.4 is 10.6 Å². The molecule has 1 aliphatic rings. The summed E-state index contributed by atoms with van der Waals surface area (Å²) in [7, 11) is 0. The van der Waals surface area contributed by atoms with Gasteiger partial charge in [0, 0.05) is 45.2 Å². The Balaban J connectivity index is 0.00000288. The number of guanidine groups is 1. The average molecular weight is 450 g/mol. The summed E-state index contributed by atoms with van der Waals surface area (Å²) in [5.74, 6) is 1.88. The molecule has 2 rings (SSSR count). The van der Waals surface area contributed by atoms with Crippen molar-refractivity contribution in [1.29, 1.82) is 0 Å². The van der Waals surface area contributed by atoms with E-state index in [1.54, 1.807) is 6.26 Å². The fraction of sp³-hybridized carbons (Fsp3) is 0.706. The maximum atomic E-state index is 5.37. The van der Waals surface area contributed by atoms with Crippen LogP contribution in [0.25, 0.3) is 0 Å². The maximum Gasteiger partial charge on any atom is 0.191 e. The van der Waals surface area contributed by atoms with Crippen LogP contribution in [0.4, 0.5) is 0 Å². The Morgan fingerprint density at radius 1 is 1.33 bits per heavy atom. The van der Waals surface area contributed by atoms with Gasteiger partial charge in [0.25, 0.3) is 0 Å². The molecule has 6 nitrogen and oxygen atoms in total. The Morgan fingerprint density at radius 2 is 2.12 bits per heavy atom. The monoisotopic (exact) mass is 450 g/mol. The number of rotatable bonds is 8. The van der Waals surface area contributed by atoms with Gasteiger partial charge in [0.2, 0.25) is 0 Å². The molecule has 1 saturated heterocycles. The number of ether oxygens (including phenoxy) is 1. The largest absolute Gasteiger partial charge is 0.469 e. The van der Waals surface area contributed by atoms with E-state index in [9.17, 15) is 0 Å². The van der Waals surface area contributed by atoms with E-state index in [1.165, 1.54) is 0 Å². The molecule has 1 fully saturated rings. The number of aliphatic imine (C=N–C) groups is 1. The summed E-state index contributed by atoms with van der Waals surface area (Å²) in [6.45, 7) is 10.8. The lowest BCUT2D eigenvalue weighted by molar-refractivity contribution is 0.0377. The third-order valence-electron chi connectivity index (χ3n) is 3.68. The zero-order valence-electron chi connectivity index (χ0n) is 14.8. The van der Waals surface area contributed by atoms with Crippen LogP contribution >= 0.6 is 24.0 Å². The average Bonchev–Trinajstić information content (AvgIpc) is 3.05. The number of hydrogen-bond donors (Lipinski definition) is 2. The minimum absolute atomic E-state index is 0. The van der Waals surface area contributed by atoms with Crippen molar-refractivity contribution < 1.29 is 9.15 Å². The lowest BCUT2D eigenvalue weighted by Gasteiger charge is -2.26. The third-order valence-corrected chi connectivity index (χ3v) is 3.68. The quantitative estimate of drug-likeness (QED) is 0.275. The molecule has 0 saturated carbocycles. The van der Waals surface area contributed by atoms with E-state index >= 15 is 0 Å². The van der Waals surface area contributed by atoms with Crippen LogP contribution in [-0.4, -0.2) is 62.8 Å². The van der Waals surface area contributed by atoms with Crippen molar-refractivity contribution in [3.63, 3.8) is 0 Å². The molecule has 0 aromatic carbocycles. The standard InChI is InChI=1S/C17H30N4O2.HI/c1-15(2)20-17(19-8-6-16-5-3-12-23-16)18-7-4-9-21-10-13-22-14-11-21;/h3,5,12,15H,4,6-11,13-14H2,1-2H3,(H2,18,19,20);1H. The smallest absolute Gasteiger partial charge is 0.191 e. The Labute approximate surface area is 162 Å². The zero-order chi connectivity index (χ0) is 16.3. The minimum atomic E-state index is 0. The van der Waals surface area contributed by atoms with Crippen molar-refractivity contribution in [3.8, 4) is 0 Å². The van der Waals surface area contributed by atoms with Gasteiger partial charge in [0.05, 0.1) is 19.5 Å². The van der Waals surface area contributed by atoms with Gasteiger partial charge in [0.1, 0.15) is 5.76 Å². The maximum absolute atomic E-state index is 5.37. The Bertz CT molecular complexity index is 445. The SMILES string of the molecule is CC(C)NC(=NCCCN1CCOCC1)NCCc1ccco1.I. The van der Waals surface area contributed by atoms with Crippen LogP contribution in [0.5, 0.6) is 0 Å². The van der Waals surface area contributed by atoms with Gasteiger partial charge in [0.15, 0.2) is 5.96 Å². The van der Waals surface area contributed by atoms with E-state index in [1.807, 2.05) is 12.1 Å². The van der Waals surface area contributed by atoms with Crippen LogP contribution in [0.1, 0.15) is 26.0 Å². The molecule has 7 heteroatoms. The summed E-state index contributed by atoms with van der Waals surface area (Å²) in [5, 5.41) is 6.75.